The van der Waals surface area contributed by atoms with Gasteiger partial charge in [0.2, 0.25) is 0 Å². The zero-order valence-corrected chi connectivity index (χ0v) is 13.7. The van der Waals surface area contributed by atoms with Gasteiger partial charge in [-0.1, -0.05) is 26.0 Å². The molecule has 0 bridgehead atoms. The van der Waals surface area contributed by atoms with Gasteiger partial charge in [-0.15, -0.1) is 0 Å². The predicted molar refractivity (Wildman–Crippen MR) is 90.2 cm³/mol. The maximum atomic E-state index is 12.8. The first-order valence-corrected chi connectivity index (χ1v) is 8.07. The lowest BCUT2D eigenvalue weighted by Gasteiger charge is -2.34. The molecule has 1 saturated heterocycles. The van der Waals surface area contributed by atoms with Crippen molar-refractivity contribution in [1.82, 2.24) is 30.8 Å². The molecule has 2 aromatic rings. The third-order valence-electron chi connectivity index (χ3n) is 4.30. The highest BCUT2D eigenvalue weighted by molar-refractivity contribution is 6.02. The maximum Gasteiger partial charge on any atom is 0.269 e. The summed E-state index contributed by atoms with van der Waals surface area (Å²) in [7, 11) is 0. The van der Waals surface area contributed by atoms with E-state index in [4.69, 9.17) is 0 Å². The minimum absolute atomic E-state index is 0.0184. The second-order valence-corrected chi connectivity index (χ2v) is 6.20. The van der Waals surface area contributed by atoms with Gasteiger partial charge in [0.15, 0.2) is 6.29 Å². The van der Waals surface area contributed by atoms with E-state index in [2.05, 4.69) is 21.2 Å². The lowest BCUT2D eigenvalue weighted by molar-refractivity contribution is -0.132. The minimum atomic E-state index is -0.221. The molecule has 0 aliphatic carbocycles. The summed E-state index contributed by atoms with van der Waals surface area (Å²) in [4.78, 5) is 12.8. The fraction of sp³-hybridized carbons (Fsp3) is 0.294. The Bertz CT molecular complexity index is 778. The molecule has 7 heteroatoms. The quantitative estimate of drug-likeness (QED) is 0.786. The van der Waals surface area contributed by atoms with E-state index in [0.717, 1.165) is 22.5 Å². The zero-order chi connectivity index (χ0) is 16.7. The Hall–Kier alpha value is -2.64. The van der Waals surface area contributed by atoms with Crippen LogP contribution in [0, 0.1) is 5.92 Å². The van der Waals surface area contributed by atoms with Crippen molar-refractivity contribution in [2.45, 2.75) is 20.1 Å². The van der Waals surface area contributed by atoms with Crippen molar-refractivity contribution >= 4 is 11.6 Å². The second-order valence-electron chi connectivity index (χ2n) is 6.20. The molecule has 3 heterocycles. The molecular formula is C17H20N6O. The van der Waals surface area contributed by atoms with E-state index in [1.165, 1.54) is 0 Å². The van der Waals surface area contributed by atoms with Crippen molar-refractivity contribution in [3.63, 3.8) is 0 Å². The second kappa shape index (κ2) is 5.77. The Morgan fingerprint density at radius 1 is 1.25 bits per heavy atom. The molecule has 0 spiro atoms. The first-order chi connectivity index (χ1) is 11.6. The normalized spacial score (nSPS) is 20.5. The Labute approximate surface area is 140 Å². The Kier molecular flexibility index (Phi) is 3.59. The van der Waals surface area contributed by atoms with E-state index in [9.17, 15) is 4.79 Å². The van der Waals surface area contributed by atoms with Crippen LogP contribution in [0.4, 0.5) is 0 Å². The molecule has 2 aliphatic heterocycles. The van der Waals surface area contributed by atoms with Crippen LogP contribution in [0.25, 0.3) is 11.4 Å². The SMILES string of the molecule is CC(C)C1=C(c2ccc(-n3cccn3)cc2)NC2NCNN2C1=O. The molecule has 24 heavy (non-hydrogen) atoms. The van der Waals surface area contributed by atoms with E-state index in [1.54, 1.807) is 11.2 Å². The first kappa shape index (κ1) is 14.9. The molecule has 1 fully saturated rings. The largest absolute Gasteiger partial charge is 0.351 e. The van der Waals surface area contributed by atoms with E-state index >= 15 is 0 Å². The average molecular weight is 324 g/mol. The first-order valence-electron chi connectivity index (χ1n) is 8.07. The molecule has 4 rings (SSSR count). The molecule has 1 unspecified atom stereocenters. The Balaban J connectivity index is 1.73. The van der Waals surface area contributed by atoms with Gasteiger partial charge < -0.3 is 5.32 Å². The number of benzene rings is 1. The van der Waals surface area contributed by atoms with Crippen molar-refractivity contribution in [3.8, 4) is 5.69 Å². The molecule has 1 atom stereocenters. The van der Waals surface area contributed by atoms with Crippen LogP contribution >= 0.6 is 0 Å². The summed E-state index contributed by atoms with van der Waals surface area (Å²) in [6, 6.07) is 9.94. The van der Waals surface area contributed by atoms with Crippen LogP contribution in [0.3, 0.4) is 0 Å². The van der Waals surface area contributed by atoms with E-state index in [1.807, 2.05) is 55.1 Å². The number of rotatable bonds is 3. The van der Waals surface area contributed by atoms with Crippen LogP contribution in [0.5, 0.6) is 0 Å². The number of fused-ring (bicyclic) bond motifs is 1. The number of hydrogen-bond donors (Lipinski definition) is 3. The highest BCUT2D eigenvalue weighted by atomic mass is 16.2. The van der Waals surface area contributed by atoms with Gasteiger partial charge in [-0.25, -0.2) is 15.1 Å². The molecule has 0 radical (unpaired) electrons. The molecule has 1 aromatic heterocycles. The summed E-state index contributed by atoms with van der Waals surface area (Å²) >= 11 is 0. The fourth-order valence-electron chi connectivity index (χ4n) is 3.14. The zero-order valence-electron chi connectivity index (χ0n) is 13.7. The third kappa shape index (κ3) is 2.38. The molecule has 1 amide bonds. The smallest absolute Gasteiger partial charge is 0.269 e. The van der Waals surface area contributed by atoms with Crippen molar-refractivity contribution < 1.29 is 4.79 Å². The number of hydrazine groups is 1. The van der Waals surface area contributed by atoms with Gasteiger partial charge >= 0.3 is 0 Å². The van der Waals surface area contributed by atoms with Crippen molar-refractivity contribution in [2.75, 3.05) is 6.67 Å². The van der Waals surface area contributed by atoms with Gasteiger partial charge in [-0.3, -0.25) is 10.1 Å². The summed E-state index contributed by atoms with van der Waals surface area (Å²) in [5.41, 5.74) is 6.71. The molecular weight excluding hydrogens is 304 g/mol. The van der Waals surface area contributed by atoms with E-state index in [-0.39, 0.29) is 18.1 Å². The van der Waals surface area contributed by atoms with Gasteiger partial charge in [0.05, 0.1) is 18.1 Å². The third-order valence-corrected chi connectivity index (χ3v) is 4.30. The number of nitrogens with one attached hydrogen (secondary N) is 3. The van der Waals surface area contributed by atoms with Crippen LogP contribution in [0.1, 0.15) is 19.4 Å². The molecule has 7 nitrogen and oxygen atoms in total. The Morgan fingerprint density at radius 2 is 2.04 bits per heavy atom. The highest BCUT2D eigenvalue weighted by Gasteiger charge is 2.38. The topological polar surface area (TPSA) is 74.2 Å². The van der Waals surface area contributed by atoms with Crippen LogP contribution in [0.2, 0.25) is 0 Å². The number of carbonyl (C=O) groups is 1. The fourth-order valence-corrected chi connectivity index (χ4v) is 3.14. The predicted octanol–water partition coefficient (Wildman–Crippen LogP) is 1.02. The van der Waals surface area contributed by atoms with Gasteiger partial charge in [-0.05, 0) is 29.7 Å². The lowest BCUT2D eigenvalue weighted by Crippen LogP contribution is -2.56. The summed E-state index contributed by atoms with van der Waals surface area (Å²) in [6.45, 7) is 4.65. The van der Waals surface area contributed by atoms with Crippen LogP contribution in [-0.2, 0) is 4.79 Å². The van der Waals surface area contributed by atoms with Crippen molar-refractivity contribution in [1.29, 1.82) is 0 Å². The molecule has 2 aliphatic rings. The molecule has 1 aromatic carbocycles. The van der Waals surface area contributed by atoms with E-state index < -0.39 is 0 Å². The highest BCUT2D eigenvalue weighted by Crippen LogP contribution is 2.29. The standard InChI is InChI=1S/C17H20N6O/c1-11(2)14-15(21-17-18-10-20-23(17)16(14)24)12-4-6-13(7-5-12)22-9-3-8-19-22/h3-9,11,17-18,20-21H,10H2,1-2H3. The summed E-state index contributed by atoms with van der Waals surface area (Å²) in [5, 5.41) is 12.5. The number of nitrogens with zero attached hydrogens (tertiary/aromatic N) is 3. The molecule has 124 valence electrons. The number of amides is 1. The van der Waals surface area contributed by atoms with Crippen molar-refractivity contribution in [2.24, 2.45) is 5.92 Å². The van der Waals surface area contributed by atoms with Crippen LogP contribution in [0.15, 0.2) is 48.3 Å². The average Bonchev–Trinajstić information content (AvgIpc) is 3.26. The van der Waals surface area contributed by atoms with Gasteiger partial charge in [0.1, 0.15) is 0 Å². The van der Waals surface area contributed by atoms with Crippen LogP contribution in [-0.4, -0.2) is 33.7 Å². The minimum Gasteiger partial charge on any atom is -0.351 e. The van der Waals surface area contributed by atoms with E-state index in [0.29, 0.717) is 6.67 Å². The monoisotopic (exact) mass is 324 g/mol. The number of hydrogen-bond acceptors (Lipinski definition) is 5. The molecule has 0 saturated carbocycles. The van der Waals surface area contributed by atoms with Crippen LogP contribution < -0.4 is 16.1 Å². The van der Waals surface area contributed by atoms with Crippen molar-refractivity contribution in [3.05, 3.63) is 53.9 Å². The number of carbonyl (C=O) groups excluding carboxylic acids is 1. The summed E-state index contributed by atoms with van der Waals surface area (Å²) in [6.07, 6.45) is 3.44. The summed E-state index contributed by atoms with van der Waals surface area (Å²) < 4.78 is 1.81. The maximum absolute atomic E-state index is 12.8. The summed E-state index contributed by atoms with van der Waals surface area (Å²) in [5.74, 6) is 0.138. The molecule has 3 N–H and O–H groups in total. The lowest BCUT2D eigenvalue weighted by atomic mass is 9.94. The van der Waals surface area contributed by atoms with Gasteiger partial charge in [-0.2, -0.15) is 5.10 Å². The van der Waals surface area contributed by atoms with Gasteiger partial charge in [0, 0.05) is 18.0 Å². The Morgan fingerprint density at radius 3 is 2.71 bits per heavy atom. The van der Waals surface area contributed by atoms with Gasteiger partial charge in [0.25, 0.3) is 5.91 Å². The number of aromatic nitrogens is 2.